The van der Waals surface area contributed by atoms with E-state index in [1.807, 2.05) is 0 Å². The minimum absolute atomic E-state index is 0.0282. The summed E-state index contributed by atoms with van der Waals surface area (Å²) in [7, 11) is 0. The van der Waals surface area contributed by atoms with Crippen molar-refractivity contribution in [3.05, 3.63) is 0 Å². The maximum Gasteiger partial charge on any atom is 0.226 e. The second-order valence-corrected chi connectivity index (χ2v) is 7.78. The Morgan fingerprint density at radius 2 is 1.58 bits per heavy atom. The van der Waals surface area contributed by atoms with Crippen molar-refractivity contribution < 1.29 is 9.90 Å². The van der Waals surface area contributed by atoms with Crippen molar-refractivity contribution in [1.82, 2.24) is 5.32 Å². The Morgan fingerprint density at radius 1 is 1.00 bits per heavy atom. The van der Waals surface area contributed by atoms with E-state index < -0.39 is 0 Å². The number of nitrogens with one attached hydrogen (secondary N) is 1. The summed E-state index contributed by atoms with van der Waals surface area (Å²) >= 11 is 0. The standard InChI is InChI=1S/C16H25NO2/c18-14-3-1-2-13(14)17-15(19)16-7-10-4-11(8-16)6-12(5-10)9-16/h10-14,18H,1-9H2,(H,17,19). The normalized spacial score (nSPS) is 51.5. The molecule has 5 aliphatic rings. The molecule has 5 rings (SSSR count). The number of amides is 1. The van der Waals surface area contributed by atoms with Crippen LogP contribution in [-0.4, -0.2) is 23.2 Å². The number of hydrogen-bond donors (Lipinski definition) is 2. The SMILES string of the molecule is O=C(NC1CCCC1O)C12CC3CC(CC(C3)C1)C2. The third-order valence-electron chi connectivity index (χ3n) is 6.32. The van der Waals surface area contributed by atoms with Gasteiger partial charge in [-0.15, -0.1) is 0 Å². The van der Waals surface area contributed by atoms with E-state index in [0.29, 0.717) is 0 Å². The molecule has 3 nitrogen and oxygen atoms in total. The van der Waals surface area contributed by atoms with Crippen LogP contribution in [0.2, 0.25) is 0 Å². The Morgan fingerprint density at radius 3 is 2.05 bits per heavy atom. The smallest absolute Gasteiger partial charge is 0.226 e. The summed E-state index contributed by atoms with van der Waals surface area (Å²) in [5, 5.41) is 13.1. The topological polar surface area (TPSA) is 49.3 Å². The first-order chi connectivity index (χ1) is 9.14. The summed E-state index contributed by atoms with van der Waals surface area (Å²) < 4.78 is 0. The molecule has 1 amide bonds. The number of rotatable bonds is 2. The van der Waals surface area contributed by atoms with E-state index in [4.69, 9.17) is 0 Å². The highest BCUT2D eigenvalue weighted by molar-refractivity contribution is 5.83. The van der Waals surface area contributed by atoms with Crippen LogP contribution in [0.5, 0.6) is 0 Å². The number of hydrogen-bond acceptors (Lipinski definition) is 2. The minimum atomic E-state index is -0.308. The molecule has 0 heterocycles. The van der Waals surface area contributed by atoms with Crippen LogP contribution < -0.4 is 5.32 Å². The molecule has 0 aromatic rings. The molecule has 2 unspecified atom stereocenters. The molecule has 0 saturated heterocycles. The summed E-state index contributed by atoms with van der Waals surface area (Å²) in [5.74, 6) is 2.71. The molecule has 2 N–H and O–H groups in total. The van der Waals surface area contributed by atoms with E-state index in [9.17, 15) is 9.90 Å². The number of aliphatic hydroxyl groups excluding tert-OH is 1. The summed E-state index contributed by atoms with van der Waals surface area (Å²) in [6.45, 7) is 0. The molecular formula is C16H25NO2. The highest BCUT2D eigenvalue weighted by Gasteiger charge is 2.54. The lowest BCUT2D eigenvalue weighted by atomic mass is 9.49. The molecule has 5 fully saturated rings. The highest BCUT2D eigenvalue weighted by atomic mass is 16.3. The average molecular weight is 263 g/mol. The molecule has 5 aliphatic carbocycles. The van der Waals surface area contributed by atoms with Gasteiger partial charge in [-0.25, -0.2) is 0 Å². The fourth-order valence-corrected chi connectivity index (χ4v) is 5.82. The Balaban J connectivity index is 1.50. The average Bonchev–Trinajstić information content (AvgIpc) is 2.73. The zero-order chi connectivity index (χ0) is 13.0. The molecule has 3 heteroatoms. The molecule has 19 heavy (non-hydrogen) atoms. The molecule has 2 atom stereocenters. The monoisotopic (exact) mass is 263 g/mol. The van der Waals surface area contributed by atoms with Crippen molar-refractivity contribution in [2.75, 3.05) is 0 Å². The highest BCUT2D eigenvalue weighted by Crippen LogP contribution is 2.60. The molecule has 4 bridgehead atoms. The summed E-state index contributed by atoms with van der Waals surface area (Å²) in [4.78, 5) is 12.8. The first-order valence-corrected chi connectivity index (χ1v) is 8.14. The van der Waals surface area contributed by atoms with Crippen molar-refractivity contribution in [3.8, 4) is 0 Å². The lowest BCUT2D eigenvalue weighted by molar-refractivity contribution is -0.147. The van der Waals surface area contributed by atoms with Crippen molar-refractivity contribution in [2.45, 2.75) is 69.9 Å². The summed E-state index contributed by atoms with van der Waals surface area (Å²) in [6, 6.07) is 0.0282. The minimum Gasteiger partial charge on any atom is -0.391 e. The van der Waals surface area contributed by atoms with Crippen molar-refractivity contribution in [3.63, 3.8) is 0 Å². The van der Waals surface area contributed by atoms with Gasteiger partial charge in [0.25, 0.3) is 0 Å². The van der Waals surface area contributed by atoms with Crippen LogP contribution in [0.4, 0.5) is 0 Å². The number of carbonyl (C=O) groups is 1. The van der Waals surface area contributed by atoms with Gasteiger partial charge in [0.15, 0.2) is 0 Å². The van der Waals surface area contributed by atoms with Gasteiger partial charge in [0.2, 0.25) is 5.91 Å². The molecule has 106 valence electrons. The van der Waals surface area contributed by atoms with Gasteiger partial charge in [-0.2, -0.15) is 0 Å². The Labute approximate surface area is 115 Å². The summed E-state index contributed by atoms with van der Waals surface area (Å²) in [5.41, 5.74) is -0.0585. The quantitative estimate of drug-likeness (QED) is 0.802. The predicted molar refractivity (Wildman–Crippen MR) is 72.4 cm³/mol. The second kappa shape index (κ2) is 4.21. The Bertz CT molecular complexity index is 357. The fraction of sp³-hybridized carbons (Fsp3) is 0.938. The molecular weight excluding hydrogens is 238 g/mol. The lowest BCUT2D eigenvalue weighted by Crippen LogP contribution is -2.56. The zero-order valence-corrected chi connectivity index (χ0v) is 11.6. The van der Waals surface area contributed by atoms with Crippen LogP contribution in [0.15, 0.2) is 0 Å². The molecule has 0 aromatic heterocycles. The maximum absolute atomic E-state index is 12.8. The van der Waals surface area contributed by atoms with Crippen LogP contribution in [0.3, 0.4) is 0 Å². The van der Waals surface area contributed by atoms with Gasteiger partial charge in [0.1, 0.15) is 0 Å². The van der Waals surface area contributed by atoms with Crippen molar-refractivity contribution >= 4 is 5.91 Å². The molecule has 0 radical (unpaired) electrons. The molecule has 0 spiro atoms. The van der Waals surface area contributed by atoms with Gasteiger partial charge in [0.05, 0.1) is 12.1 Å². The first kappa shape index (κ1) is 12.2. The van der Waals surface area contributed by atoms with E-state index in [0.717, 1.165) is 56.3 Å². The number of carbonyl (C=O) groups excluding carboxylic acids is 1. The van der Waals surface area contributed by atoms with E-state index in [2.05, 4.69) is 5.32 Å². The summed E-state index contributed by atoms with van der Waals surface area (Å²) in [6.07, 6.45) is 10.0. The Hall–Kier alpha value is -0.570. The van der Waals surface area contributed by atoms with Gasteiger partial charge in [0, 0.05) is 5.41 Å². The third-order valence-corrected chi connectivity index (χ3v) is 6.32. The van der Waals surface area contributed by atoms with Gasteiger partial charge < -0.3 is 10.4 Å². The van der Waals surface area contributed by atoms with Crippen molar-refractivity contribution in [2.24, 2.45) is 23.2 Å². The first-order valence-electron chi connectivity index (χ1n) is 8.14. The van der Waals surface area contributed by atoms with Gasteiger partial charge in [-0.3, -0.25) is 4.79 Å². The molecule has 0 aliphatic heterocycles. The predicted octanol–water partition coefficient (Wildman–Crippen LogP) is 2.23. The van der Waals surface area contributed by atoms with E-state index in [1.165, 1.54) is 19.3 Å². The maximum atomic E-state index is 12.8. The second-order valence-electron chi connectivity index (χ2n) is 7.78. The van der Waals surface area contributed by atoms with Crippen LogP contribution in [0.25, 0.3) is 0 Å². The lowest BCUT2D eigenvalue weighted by Gasteiger charge is -2.55. The van der Waals surface area contributed by atoms with Crippen LogP contribution in [-0.2, 0) is 4.79 Å². The fourth-order valence-electron chi connectivity index (χ4n) is 5.82. The van der Waals surface area contributed by atoms with Crippen LogP contribution in [0, 0.1) is 23.2 Å². The molecule has 0 aromatic carbocycles. The van der Waals surface area contributed by atoms with Gasteiger partial charge in [-0.05, 0) is 75.5 Å². The third kappa shape index (κ3) is 1.93. The Kier molecular flexibility index (Phi) is 2.70. The zero-order valence-electron chi connectivity index (χ0n) is 11.6. The van der Waals surface area contributed by atoms with Gasteiger partial charge in [-0.1, -0.05) is 0 Å². The van der Waals surface area contributed by atoms with Gasteiger partial charge >= 0.3 is 0 Å². The number of aliphatic hydroxyl groups is 1. The van der Waals surface area contributed by atoms with Crippen LogP contribution >= 0.6 is 0 Å². The van der Waals surface area contributed by atoms with E-state index in [-0.39, 0.29) is 23.5 Å². The van der Waals surface area contributed by atoms with Crippen molar-refractivity contribution in [1.29, 1.82) is 0 Å². The van der Waals surface area contributed by atoms with Crippen LogP contribution in [0.1, 0.15) is 57.8 Å². The molecule has 5 saturated carbocycles. The van der Waals surface area contributed by atoms with E-state index >= 15 is 0 Å². The van der Waals surface area contributed by atoms with E-state index in [1.54, 1.807) is 0 Å². The largest absolute Gasteiger partial charge is 0.391 e.